The van der Waals surface area contributed by atoms with Crippen molar-refractivity contribution in [1.29, 1.82) is 0 Å². The topological polar surface area (TPSA) is 60.2 Å². The molecule has 2 N–H and O–H groups in total. The summed E-state index contributed by atoms with van der Waals surface area (Å²) >= 11 is 0. The molecule has 1 aromatic rings. The third-order valence-electron chi connectivity index (χ3n) is 2.57. The molecule has 0 heterocycles. The van der Waals surface area contributed by atoms with Crippen LogP contribution in [0.2, 0.25) is 0 Å². The van der Waals surface area contributed by atoms with Gasteiger partial charge in [-0.1, -0.05) is 44.2 Å². The minimum Gasteiger partial charge on any atom is -0.229 e. The van der Waals surface area contributed by atoms with Gasteiger partial charge in [0.05, 0.1) is 5.75 Å². The summed E-state index contributed by atoms with van der Waals surface area (Å²) in [6.45, 7) is 4.04. The van der Waals surface area contributed by atoms with E-state index in [-0.39, 0.29) is 11.2 Å². The molecule has 4 heteroatoms. The molecule has 0 saturated carbocycles. The Hall–Kier alpha value is -0.870. The van der Waals surface area contributed by atoms with Gasteiger partial charge in [0.15, 0.2) is 0 Å². The summed E-state index contributed by atoms with van der Waals surface area (Å²) < 4.78 is 21.8. The molecule has 0 radical (unpaired) electrons. The van der Waals surface area contributed by atoms with Crippen molar-refractivity contribution in [2.45, 2.75) is 25.7 Å². The van der Waals surface area contributed by atoms with E-state index >= 15 is 0 Å². The van der Waals surface area contributed by atoms with Crippen molar-refractivity contribution in [1.82, 2.24) is 0 Å². The lowest BCUT2D eigenvalue weighted by Crippen LogP contribution is -2.25. The minimum atomic E-state index is -3.37. The van der Waals surface area contributed by atoms with E-state index in [0.29, 0.717) is 6.42 Å². The first kappa shape index (κ1) is 12.2. The summed E-state index contributed by atoms with van der Waals surface area (Å²) in [6, 6.07) is 9.85. The lowest BCUT2D eigenvalue weighted by Gasteiger charge is -2.24. The van der Waals surface area contributed by atoms with Crippen LogP contribution in [0.5, 0.6) is 0 Å². The molecule has 0 fully saturated rings. The van der Waals surface area contributed by atoms with E-state index in [4.69, 9.17) is 5.14 Å². The van der Waals surface area contributed by atoms with Crippen molar-refractivity contribution >= 4 is 10.0 Å². The summed E-state index contributed by atoms with van der Waals surface area (Å²) in [5, 5.41) is 4.99. The monoisotopic (exact) mass is 227 g/mol. The second-order valence-corrected chi connectivity index (χ2v) is 6.10. The molecule has 0 amide bonds. The molecule has 1 rings (SSSR count). The SMILES string of the molecule is CC(C)(CCS(N)(=O)=O)c1ccccc1. The first-order valence-electron chi connectivity index (χ1n) is 4.87. The molecule has 1 aromatic carbocycles. The lowest BCUT2D eigenvalue weighted by molar-refractivity contribution is 0.500. The van der Waals surface area contributed by atoms with Gasteiger partial charge in [-0.25, -0.2) is 13.6 Å². The molecule has 84 valence electrons. The van der Waals surface area contributed by atoms with Crippen LogP contribution in [0.4, 0.5) is 0 Å². The Balaban J connectivity index is 2.76. The molecular formula is C11H17NO2S. The van der Waals surface area contributed by atoms with Gasteiger partial charge >= 0.3 is 0 Å². The first-order valence-corrected chi connectivity index (χ1v) is 6.59. The lowest BCUT2D eigenvalue weighted by atomic mass is 9.82. The van der Waals surface area contributed by atoms with Crippen LogP contribution in [-0.2, 0) is 15.4 Å². The quantitative estimate of drug-likeness (QED) is 0.850. The van der Waals surface area contributed by atoms with Crippen LogP contribution in [-0.4, -0.2) is 14.2 Å². The van der Waals surface area contributed by atoms with Crippen molar-refractivity contribution in [3.05, 3.63) is 35.9 Å². The Morgan fingerprint density at radius 1 is 1.20 bits per heavy atom. The van der Waals surface area contributed by atoms with Crippen molar-refractivity contribution in [2.24, 2.45) is 5.14 Å². The summed E-state index contributed by atoms with van der Waals surface area (Å²) in [5.41, 5.74) is 0.974. The zero-order valence-electron chi connectivity index (χ0n) is 9.10. The van der Waals surface area contributed by atoms with Gasteiger partial charge in [0.2, 0.25) is 10.0 Å². The van der Waals surface area contributed by atoms with Gasteiger partial charge in [0.1, 0.15) is 0 Å². The van der Waals surface area contributed by atoms with E-state index in [1.807, 2.05) is 44.2 Å². The Morgan fingerprint density at radius 2 is 1.73 bits per heavy atom. The molecule has 3 nitrogen and oxygen atoms in total. The summed E-state index contributed by atoms with van der Waals surface area (Å²) in [7, 11) is -3.37. The average molecular weight is 227 g/mol. The second kappa shape index (κ2) is 4.33. The molecule has 0 aliphatic carbocycles. The Kier molecular flexibility index (Phi) is 3.52. The van der Waals surface area contributed by atoms with Crippen molar-refractivity contribution in [3.8, 4) is 0 Å². The van der Waals surface area contributed by atoms with Crippen LogP contribution in [0, 0.1) is 0 Å². The van der Waals surface area contributed by atoms with Crippen molar-refractivity contribution < 1.29 is 8.42 Å². The van der Waals surface area contributed by atoms with Crippen LogP contribution in [0.3, 0.4) is 0 Å². The molecule has 0 spiro atoms. The maximum atomic E-state index is 10.9. The minimum absolute atomic E-state index is 0.0227. The third-order valence-corrected chi connectivity index (χ3v) is 3.34. The number of rotatable bonds is 4. The second-order valence-electron chi connectivity index (χ2n) is 4.37. The highest BCUT2D eigenvalue weighted by Crippen LogP contribution is 2.26. The van der Waals surface area contributed by atoms with Gasteiger partial charge in [-0.2, -0.15) is 0 Å². The maximum absolute atomic E-state index is 10.9. The molecule has 0 saturated heterocycles. The summed E-state index contributed by atoms with van der Waals surface area (Å²) in [5.74, 6) is 0.0227. The number of benzene rings is 1. The molecule has 0 aromatic heterocycles. The summed E-state index contributed by atoms with van der Waals surface area (Å²) in [4.78, 5) is 0. The predicted octanol–water partition coefficient (Wildman–Crippen LogP) is 1.64. The fraction of sp³-hybridized carbons (Fsp3) is 0.455. The smallest absolute Gasteiger partial charge is 0.209 e. The van der Waals surface area contributed by atoms with Crippen molar-refractivity contribution in [3.63, 3.8) is 0 Å². The number of nitrogens with two attached hydrogens (primary N) is 1. The average Bonchev–Trinajstić information content (AvgIpc) is 2.16. The highest BCUT2D eigenvalue weighted by atomic mass is 32.2. The van der Waals surface area contributed by atoms with Crippen LogP contribution in [0.15, 0.2) is 30.3 Å². The van der Waals surface area contributed by atoms with Crippen molar-refractivity contribution in [2.75, 3.05) is 5.75 Å². The Labute approximate surface area is 91.4 Å². The molecule has 0 atom stereocenters. The number of hydrogen-bond donors (Lipinski definition) is 1. The standard InChI is InChI=1S/C11H17NO2S/c1-11(2,8-9-15(12,13)14)10-6-4-3-5-7-10/h3-7H,8-9H2,1-2H3,(H2,12,13,14). The Morgan fingerprint density at radius 3 is 2.20 bits per heavy atom. The number of sulfonamides is 1. The van der Waals surface area contributed by atoms with Gasteiger partial charge < -0.3 is 0 Å². The van der Waals surface area contributed by atoms with E-state index in [0.717, 1.165) is 5.56 Å². The highest BCUT2D eigenvalue weighted by Gasteiger charge is 2.22. The zero-order chi connectivity index (χ0) is 11.5. The molecule has 15 heavy (non-hydrogen) atoms. The van der Waals surface area contributed by atoms with Gasteiger partial charge in [0, 0.05) is 0 Å². The Bertz CT molecular complexity index is 409. The highest BCUT2D eigenvalue weighted by molar-refractivity contribution is 7.89. The molecule has 0 aliphatic heterocycles. The fourth-order valence-corrected chi connectivity index (χ4v) is 2.23. The largest absolute Gasteiger partial charge is 0.229 e. The first-order chi connectivity index (χ1) is 6.81. The van der Waals surface area contributed by atoms with Crippen LogP contribution >= 0.6 is 0 Å². The van der Waals surface area contributed by atoms with Crippen LogP contribution < -0.4 is 5.14 Å². The molecule has 0 unspecified atom stereocenters. The number of hydrogen-bond acceptors (Lipinski definition) is 2. The summed E-state index contributed by atoms with van der Waals surface area (Å²) in [6.07, 6.45) is 0.538. The fourth-order valence-electron chi connectivity index (χ4n) is 1.43. The number of primary sulfonamides is 1. The normalized spacial score (nSPS) is 12.7. The van der Waals surface area contributed by atoms with Crippen LogP contribution in [0.25, 0.3) is 0 Å². The van der Waals surface area contributed by atoms with Gasteiger partial charge in [-0.15, -0.1) is 0 Å². The van der Waals surface area contributed by atoms with E-state index in [1.165, 1.54) is 0 Å². The van der Waals surface area contributed by atoms with E-state index in [1.54, 1.807) is 0 Å². The molecule has 0 bridgehead atoms. The third kappa shape index (κ3) is 4.01. The van der Waals surface area contributed by atoms with E-state index in [9.17, 15) is 8.42 Å². The zero-order valence-corrected chi connectivity index (χ0v) is 9.92. The van der Waals surface area contributed by atoms with Gasteiger partial charge in [0.25, 0.3) is 0 Å². The van der Waals surface area contributed by atoms with Gasteiger partial charge in [-0.3, -0.25) is 0 Å². The van der Waals surface area contributed by atoms with E-state index < -0.39 is 10.0 Å². The molecule has 0 aliphatic rings. The predicted molar refractivity (Wildman–Crippen MR) is 62.1 cm³/mol. The molecular weight excluding hydrogens is 210 g/mol. The van der Waals surface area contributed by atoms with E-state index in [2.05, 4.69) is 0 Å². The maximum Gasteiger partial charge on any atom is 0.209 e. The van der Waals surface area contributed by atoms with Crippen LogP contribution in [0.1, 0.15) is 25.8 Å². The van der Waals surface area contributed by atoms with Gasteiger partial charge in [-0.05, 0) is 17.4 Å².